The van der Waals surface area contributed by atoms with Gasteiger partial charge in [0.25, 0.3) is 11.5 Å². The van der Waals surface area contributed by atoms with Crippen molar-refractivity contribution in [1.82, 2.24) is 19.4 Å². The summed E-state index contributed by atoms with van der Waals surface area (Å²) in [4.78, 5) is 48.2. The molecule has 0 spiro atoms. The number of piperazine rings is 1. The van der Waals surface area contributed by atoms with Crippen LogP contribution in [0.1, 0.15) is 23.7 Å². The molecule has 9 nitrogen and oxygen atoms in total. The zero-order valence-corrected chi connectivity index (χ0v) is 17.7. The van der Waals surface area contributed by atoms with Crippen molar-refractivity contribution >= 4 is 28.3 Å². The number of aromatic nitrogens is 3. The van der Waals surface area contributed by atoms with Crippen LogP contribution in [0.2, 0.25) is 0 Å². The Hall–Kier alpha value is -3.46. The number of nitrogens with zero attached hydrogens (tertiary/aromatic N) is 4. The summed E-state index contributed by atoms with van der Waals surface area (Å²) in [5.41, 5.74) is 1.27. The number of rotatable bonds is 5. The normalized spacial score (nSPS) is 14.7. The lowest BCUT2D eigenvalue weighted by Crippen LogP contribution is -2.44. The number of H-pyrrole nitrogens is 1. The van der Waals surface area contributed by atoms with E-state index in [1.807, 2.05) is 31.2 Å². The quantitative estimate of drug-likeness (QED) is 0.646. The number of hydrogen-bond acceptors (Lipinski definition) is 6. The van der Waals surface area contributed by atoms with Crippen LogP contribution in [0.5, 0.6) is 0 Å². The van der Waals surface area contributed by atoms with Crippen LogP contribution in [0.15, 0.2) is 46.1 Å². The van der Waals surface area contributed by atoms with Gasteiger partial charge in [0, 0.05) is 50.3 Å². The fourth-order valence-electron chi connectivity index (χ4n) is 3.75. The standard InChI is InChI=1S/C22H26N6O3/c1-3-8-28-19-18(21(30)25-22(28)31)13-15(14-23-19)20(29)24-16-4-6-17(7-5-16)27-11-9-26(2)10-12-27/h4-7,13-14H,3,8-12H2,1-2H3,(H,24,29)(H,25,30,31). The summed E-state index contributed by atoms with van der Waals surface area (Å²) in [6.07, 6.45) is 2.11. The Morgan fingerprint density at radius 2 is 1.84 bits per heavy atom. The second-order valence-corrected chi connectivity index (χ2v) is 7.80. The second-order valence-electron chi connectivity index (χ2n) is 7.80. The third-order valence-electron chi connectivity index (χ3n) is 5.54. The largest absolute Gasteiger partial charge is 0.369 e. The van der Waals surface area contributed by atoms with Crippen molar-refractivity contribution in [3.63, 3.8) is 0 Å². The van der Waals surface area contributed by atoms with E-state index in [9.17, 15) is 14.4 Å². The number of anilines is 2. The molecule has 162 valence electrons. The summed E-state index contributed by atoms with van der Waals surface area (Å²) in [6.45, 7) is 6.37. The number of hydrogen-bond donors (Lipinski definition) is 2. The van der Waals surface area contributed by atoms with E-state index >= 15 is 0 Å². The lowest BCUT2D eigenvalue weighted by Gasteiger charge is -2.34. The van der Waals surface area contributed by atoms with Gasteiger partial charge in [0.05, 0.1) is 10.9 Å². The van der Waals surface area contributed by atoms with Crippen molar-refractivity contribution in [2.24, 2.45) is 0 Å². The van der Waals surface area contributed by atoms with E-state index in [2.05, 4.69) is 32.1 Å². The first-order valence-electron chi connectivity index (χ1n) is 10.4. The smallest absolute Gasteiger partial charge is 0.329 e. The van der Waals surface area contributed by atoms with Gasteiger partial charge in [-0.25, -0.2) is 9.78 Å². The first-order valence-corrected chi connectivity index (χ1v) is 10.4. The highest BCUT2D eigenvalue weighted by Crippen LogP contribution is 2.20. The zero-order valence-electron chi connectivity index (χ0n) is 17.7. The van der Waals surface area contributed by atoms with Crippen molar-refractivity contribution in [2.75, 3.05) is 43.4 Å². The predicted molar refractivity (Wildman–Crippen MR) is 121 cm³/mol. The Morgan fingerprint density at radius 3 is 2.52 bits per heavy atom. The lowest BCUT2D eigenvalue weighted by atomic mass is 10.2. The first-order chi connectivity index (χ1) is 15.0. The van der Waals surface area contributed by atoms with Gasteiger partial charge >= 0.3 is 5.69 Å². The monoisotopic (exact) mass is 422 g/mol. The molecule has 3 heterocycles. The molecule has 0 unspecified atom stereocenters. The number of fused-ring (bicyclic) bond motifs is 1. The van der Waals surface area contributed by atoms with Gasteiger partial charge in [-0.05, 0) is 43.8 Å². The third kappa shape index (κ3) is 4.36. The van der Waals surface area contributed by atoms with E-state index < -0.39 is 11.2 Å². The number of benzene rings is 1. The van der Waals surface area contributed by atoms with Gasteiger partial charge in [-0.1, -0.05) is 6.92 Å². The molecule has 1 saturated heterocycles. The van der Waals surface area contributed by atoms with Crippen molar-refractivity contribution in [1.29, 1.82) is 0 Å². The van der Waals surface area contributed by atoms with Crippen LogP contribution in [0, 0.1) is 0 Å². The van der Waals surface area contributed by atoms with Gasteiger partial charge < -0.3 is 15.1 Å². The average molecular weight is 422 g/mol. The molecule has 2 aromatic heterocycles. The van der Waals surface area contributed by atoms with Gasteiger partial charge in [0.2, 0.25) is 0 Å². The minimum absolute atomic E-state index is 0.214. The molecule has 1 fully saturated rings. The maximum Gasteiger partial charge on any atom is 0.329 e. The molecular weight excluding hydrogens is 396 g/mol. The van der Waals surface area contributed by atoms with Crippen LogP contribution in [-0.2, 0) is 6.54 Å². The zero-order chi connectivity index (χ0) is 22.0. The topological polar surface area (TPSA) is 103 Å². The molecule has 0 radical (unpaired) electrons. The van der Waals surface area contributed by atoms with Gasteiger partial charge in [-0.15, -0.1) is 0 Å². The van der Waals surface area contributed by atoms with E-state index in [4.69, 9.17) is 0 Å². The molecule has 0 bridgehead atoms. The molecule has 1 aliphatic heterocycles. The van der Waals surface area contributed by atoms with Gasteiger partial charge in [0.15, 0.2) is 0 Å². The van der Waals surface area contributed by atoms with E-state index in [-0.39, 0.29) is 22.5 Å². The van der Waals surface area contributed by atoms with Crippen LogP contribution in [-0.4, -0.2) is 58.6 Å². The summed E-state index contributed by atoms with van der Waals surface area (Å²) in [6, 6.07) is 9.19. The molecule has 0 saturated carbocycles. The third-order valence-corrected chi connectivity index (χ3v) is 5.54. The lowest BCUT2D eigenvalue weighted by molar-refractivity contribution is 0.102. The van der Waals surface area contributed by atoms with Crippen LogP contribution in [0.25, 0.3) is 11.0 Å². The molecule has 31 heavy (non-hydrogen) atoms. The summed E-state index contributed by atoms with van der Waals surface area (Å²) < 4.78 is 1.41. The fourth-order valence-corrected chi connectivity index (χ4v) is 3.75. The number of pyridine rings is 1. The number of aromatic amines is 1. The minimum Gasteiger partial charge on any atom is -0.369 e. The van der Waals surface area contributed by atoms with Crippen molar-refractivity contribution < 1.29 is 4.79 Å². The molecule has 2 N–H and O–H groups in total. The van der Waals surface area contributed by atoms with Crippen LogP contribution in [0.3, 0.4) is 0 Å². The van der Waals surface area contributed by atoms with Crippen LogP contribution in [0.4, 0.5) is 11.4 Å². The van der Waals surface area contributed by atoms with Gasteiger partial charge in [-0.3, -0.25) is 19.1 Å². The fraction of sp³-hybridized carbons (Fsp3) is 0.364. The van der Waals surface area contributed by atoms with Crippen LogP contribution >= 0.6 is 0 Å². The van der Waals surface area contributed by atoms with Crippen molar-refractivity contribution in [3.05, 3.63) is 62.9 Å². The van der Waals surface area contributed by atoms with E-state index in [0.717, 1.165) is 38.3 Å². The van der Waals surface area contributed by atoms with Crippen molar-refractivity contribution in [3.8, 4) is 0 Å². The highest BCUT2D eigenvalue weighted by atomic mass is 16.2. The highest BCUT2D eigenvalue weighted by Gasteiger charge is 2.15. The Balaban J connectivity index is 1.53. The molecule has 0 aliphatic carbocycles. The van der Waals surface area contributed by atoms with Crippen molar-refractivity contribution in [2.45, 2.75) is 19.9 Å². The molecule has 1 aromatic carbocycles. The Morgan fingerprint density at radius 1 is 1.13 bits per heavy atom. The summed E-state index contributed by atoms with van der Waals surface area (Å²) in [7, 11) is 2.12. The van der Waals surface area contributed by atoms with Crippen LogP contribution < -0.4 is 21.5 Å². The summed E-state index contributed by atoms with van der Waals surface area (Å²) >= 11 is 0. The maximum absolute atomic E-state index is 12.7. The number of carbonyl (C=O) groups is 1. The number of nitrogens with one attached hydrogen (secondary N) is 2. The Labute approximate surface area is 179 Å². The highest BCUT2D eigenvalue weighted by molar-refractivity contribution is 6.05. The summed E-state index contributed by atoms with van der Waals surface area (Å²) in [5.74, 6) is -0.366. The van der Waals surface area contributed by atoms with E-state index in [0.29, 0.717) is 12.2 Å². The number of amides is 1. The first kappa shape index (κ1) is 20.8. The maximum atomic E-state index is 12.7. The summed E-state index contributed by atoms with van der Waals surface area (Å²) in [5, 5.41) is 3.06. The molecule has 4 rings (SSSR count). The molecular formula is C22H26N6O3. The average Bonchev–Trinajstić information content (AvgIpc) is 2.77. The molecule has 1 amide bonds. The molecule has 3 aromatic rings. The van der Waals surface area contributed by atoms with E-state index in [1.165, 1.54) is 16.8 Å². The second kappa shape index (κ2) is 8.73. The SMILES string of the molecule is CCCn1c(=O)[nH]c(=O)c2cc(C(=O)Nc3ccc(N4CCN(C)CC4)cc3)cnc21. The van der Waals surface area contributed by atoms with Gasteiger partial charge in [-0.2, -0.15) is 0 Å². The minimum atomic E-state index is -0.550. The predicted octanol–water partition coefficient (Wildman–Crippen LogP) is 1.50. The number of aryl methyl sites for hydroxylation is 1. The number of carbonyl (C=O) groups excluding carboxylic acids is 1. The van der Waals surface area contributed by atoms with Gasteiger partial charge in [0.1, 0.15) is 5.65 Å². The molecule has 1 aliphatic rings. The Kier molecular flexibility index (Phi) is 5.85. The number of likely N-dealkylation sites (N-methyl/N-ethyl adjacent to an activating group) is 1. The Bertz CT molecular complexity index is 1210. The molecule has 9 heteroatoms. The van der Waals surface area contributed by atoms with E-state index in [1.54, 1.807) is 0 Å². The molecule has 0 atom stereocenters.